The van der Waals surface area contributed by atoms with Gasteiger partial charge in [-0.1, -0.05) is 0 Å². The van der Waals surface area contributed by atoms with Crippen LogP contribution in [-0.4, -0.2) is 33.5 Å². The van der Waals surface area contributed by atoms with Gasteiger partial charge in [-0.3, -0.25) is 14.9 Å². The summed E-state index contributed by atoms with van der Waals surface area (Å²) in [6.07, 6.45) is 2.18. The molecule has 1 aliphatic heterocycles. The van der Waals surface area contributed by atoms with Crippen LogP contribution in [0.2, 0.25) is 0 Å². The summed E-state index contributed by atoms with van der Waals surface area (Å²) in [7, 11) is 0. The van der Waals surface area contributed by atoms with Crippen molar-refractivity contribution in [2.75, 3.05) is 11.9 Å². The fourth-order valence-electron chi connectivity index (χ4n) is 2.81. The summed E-state index contributed by atoms with van der Waals surface area (Å²) in [5, 5.41) is 32.2. The fraction of sp³-hybridized carbons (Fsp3) is 0.167. The Labute approximate surface area is 163 Å². The zero-order valence-electron chi connectivity index (χ0n) is 14.4. The first kappa shape index (κ1) is 19.1. The van der Waals surface area contributed by atoms with Crippen LogP contribution < -0.4 is 5.32 Å². The van der Waals surface area contributed by atoms with E-state index in [1.807, 2.05) is 0 Å². The number of hydrogen-bond acceptors (Lipinski definition) is 6. The first-order chi connectivity index (χ1) is 13.4. The Bertz CT molecular complexity index is 1020. The number of nitrogens with zero attached hydrogens (tertiary/aromatic N) is 3. The molecule has 2 heterocycles. The van der Waals surface area contributed by atoms with Crippen LogP contribution in [-0.2, 0) is 17.8 Å². The van der Waals surface area contributed by atoms with Gasteiger partial charge in [-0.05, 0) is 35.8 Å². The number of benzene rings is 1. The number of carbonyl (C=O) groups excluding carboxylic acids is 1. The van der Waals surface area contributed by atoms with E-state index in [1.54, 1.807) is 0 Å². The van der Waals surface area contributed by atoms with Crippen molar-refractivity contribution in [2.45, 2.75) is 13.0 Å². The third kappa shape index (κ3) is 3.99. The third-order valence-corrected chi connectivity index (χ3v) is 5.34. The van der Waals surface area contributed by atoms with E-state index in [4.69, 9.17) is 5.11 Å². The van der Waals surface area contributed by atoms with Crippen molar-refractivity contribution < 1.29 is 19.6 Å². The first-order valence-electron chi connectivity index (χ1n) is 8.15. The highest BCUT2D eigenvalue weighted by Gasteiger charge is 2.27. The second-order valence-electron chi connectivity index (χ2n) is 5.95. The summed E-state index contributed by atoms with van der Waals surface area (Å²) in [5.74, 6) is -0.455. The summed E-state index contributed by atoms with van der Waals surface area (Å²) in [4.78, 5) is 35.5. The van der Waals surface area contributed by atoms with Crippen molar-refractivity contribution in [2.24, 2.45) is 0 Å². The van der Waals surface area contributed by atoms with Crippen LogP contribution in [0.1, 0.15) is 21.6 Å². The van der Waals surface area contributed by atoms with Gasteiger partial charge >= 0.3 is 6.09 Å². The van der Waals surface area contributed by atoms with E-state index in [0.29, 0.717) is 29.1 Å². The highest BCUT2D eigenvalue weighted by Crippen LogP contribution is 2.36. The third-order valence-electron chi connectivity index (χ3n) is 4.21. The second kappa shape index (κ2) is 7.89. The van der Waals surface area contributed by atoms with Crippen LogP contribution in [0.5, 0.6) is 0 Å². The molecule has 0 spiro atoms. The van der Waals surface area contributed by atoms with E-state index in [2.05, 4.69) is 11.4 Å². The Kier molecular flexibility index (Phi) is 5.37. The Balaban J connectivity index is 1.73. The molecule has 0 atom stereocenters. The highest BCUT2D eigenvalue weighted by molar-refractivity contribution is 7.16. The van der Waals surface area contributed by atoms with Crippen molar-refractivity contribution in [1.82, 2.24) is 4.90 Å². The molecule has 2 amide bonds. The Morgan fingerprint density at radius 3 is 2.68 bits per heavy atom. The number of nitriles is 1. The van der Waals surface area contributed by atoms with E-state index >= 15 is 0 Å². The number of non-ortho nitro benzene ring substituents is 1. The van der Waals surface area contributed by atoms with Crippen LogP contribution in [0.25, 0.3) is 6.08 Å². The normalized spacial score (nSPS) is 13.0. The van der Waals surface area contributed by atoms with Crippen LogP contribution >= 0.6 is 11.3 Å². The van der Waals surface area contributed by atoms with Gasteiger partial charge in [-0.2, -0.15) is 5.26 Å². The molecule has 0 aliphatic carbocycles. The molecule has 0 saturated heterocycles. The minimum atomic E-state index is -1.02. The van der Waals surface area contributed by atoms with Crippen molar-refractivity contribution in [3.05, 3.63) is 62.0 Å². The van der Waals surface area contributed by atoms with Gasteiger partial charge in [0.25, 0.3) is 5.69 Å². The van der Waals surface area contributed by atoms with Crippen LogP contribution in [0.15, 0.2) is 30.3 Å². The lowest BCUT2D eigenvalue weighted by molar-refractivity contribution is -0.384. The van der Waals surface area contributed by atoms with Crippen molar-refractivity contribution in [3.8, 4) is 6.07 Å². The fourth-order valence-corrected chi connectivity index (χ4v) is 4.02. The lowest BCUT2D eigenvalue weighted by Gasteiger charge is -2.23. The van der Waals surface area contributed by atoms with E-state index < -0.39 is 16.9 Å². The molecule has 0 bridgehead atoms. The summed E-state index contributed by atoms with van der Waals surface area (Å²) >= 11 is 1.19. The van der Waals surface area contributed by atoms with E-state index in [9.17, 15) is 25.0 Å². The number of nitrogens with one attached hydrogen (secondary N) is 1. The van der Waals surface area contributed by atoms with Gasteiger partial charge < -0.3 is 15.3 Å². The van der Waals surface area contributed by atoms with Gasteiger partial charge in [0, 0.05) is 29.6 Å². The van der Waals surface area contributed by atoms with Crippen molar-refractivity contribution in [1.29, 1.82) is 5.26 Å². The minimum Gasteiger partial charge on any atom is -0.465 e. The number of amides is 2. The quantitative estimate of drug-likeness (QED) is 0.461. The van der Waals surface area contributed by atoms with Gasteiger partial charge in [0.15, 0.2) is 0 Å². The van der Waals surface area contributed by atoms with Gasteiger partial charge in [-0.25, -0.2) is 4.79 Å². The Morgan fingerprint density at radius 2 is 2.07 bits per heavy atom. The second-order valence-corrected chi connectivity index (χ2v) is 7.05. The van der Waals surface area contributed by atoms with Crippen molar-refractivity contribution >= 4 is 40.1 Å². The molecule has 142 valence electrons. The maximum Gasteiger partial charge on any atom is 0.407 e. The molecule has 2 aromatic rings. The van der Waals surface area contributed by atoms with Gasteiger partial charge in [0.2, 0.25) is 5.91 Å². The largest absolute Gasteiger partial charge is 0.465 e. The number of thiophene rings is 1. The van der Waals surface area contributed by atoms with Gasteiger partial charge in [0.05, 0.1) is 17.0 Å². The molecule has 0 saturated carbocycles. The smallest absolute Gasteiger partial charge is 0.407 e. The number of anilines is 1. The lowest BCUT2D eigenvalue weighted by Crippen LogP contribution is -2.34. The zero-order valence-corrected chi connectivity index (χ0v) is 15.2. The Hall–Kier alpha value is -3.71. The molecule has 2 N–H and O–H groups in total. The number of carboxylic acid groups (broad SMARTS) is 1. The molecule has 0 radical (unpaired) electrons. The summed E-state index contributed by atoms with van der Waals surface area (Å²) in [6, 6.07) is 7.81. The zero-order chi connectivity index (χ0) is 20.3. The first-order valence-corrected chi connectivity index (χ1v) is 8.96. The molecule has 1 aliphatic rings. The predicted molar refractivity (Wildman–Crippen MR) is 102 cm³/mol. The lowest BCUT2D eigenvalue weighted by atomic mass is 10.0. The predicted octanol–water partition coefficient (Wildman–Crippen LogP) is 3.22. The van der Waals surface area contributed by atoms with Gasteiger partial charge in [0.1, 0.15) is 11.1 Å². The molecular formula is C18H14N4O5S. The topological polar surface area (TPSA) is 137 Å². The molecule has 28 heavy (non-hydrogen) atoms. The standard InChI is InChI=1S/C18H14N4O5S/c19-9-14-13-7-8-21(18(24)25)10-15(13)28-17(14)20-16(23)6-3-11-1-4-12(5-2-11)22(26)27/h1-6H,7-8,10H2,(H,20,23)(H,24,25). The van der Waals surface area contributed by atoms with Crippen LogP contribution in [0.3, 0.4) is 0 Å². The molecule has 3 rings (SSSR count). The number of nitro groups is 1. The van der Waals surface area contributed by atoms with E-state index in [-0.39, 0.29) is 12.2 Å². The molecule has 9 nitrogen and oxygen atoms in total. The summed E-state index contributed by atoms with van der Waals surface area (Å²) in [5.41, 5.74) is 1.71. The molecule has 1 aromatic carbocycles. The monoisotopic (exact) mass is 398 g/mol. The average molecular weight is 398 g/mol. The molecule has 10 heteroatoms. The van der Waals surface area contributed by atoms with E-state index in [1.165, 1.54) is 52.7 Å². The molecule has 0 unspecified atom stereocenters. The number of hydrogen-bond donors (Lipinski definition) is 2. The molecule has 1 aromatic heterocycles. The van der Waals surface area contributed by atoms with Crippen LogP contribution in [0.4, 0.5) is 15.5 Å². The number of fused-ring (bicyclic) bond motifs is 1. The molecular weight excluding hydrogens is 384 g/mol. The Morgan fingerprint density at radius 1 is 1.36 bits per heavy atom. The average Bonchev–Trinajstić information content (AvgIpc) is 3.02. The SMILES string of the molecule is N#Cc1c(NC(=O)C=Cc2ccc([N+](=O)[O-])cc2)sc2c1CCN(C(=O)O)C2. The minimum absolute atomic E-state index is 0.0418. The molecule has 0 fully saturated rings. The maximum absolute atomic E-state index is 12.2. The van der Waals surface area contributed by atoms with Gasteiger partial charge in [-0.15, -0.1) is 11.3 Å². The van der Waals surface area contributed by atoms with Crippen molar-refractivity contribution in [3.63, 3.8) is 0 Å². The van der Waals surface area contributed by atoms with E-state index in [0.717, 1.165) is 10.4 Å². The highest BCUT2D eigenvalue weighted by atomic mass is 32.1. The summed E-state index contributed by atoms with van der Waals surface area (Å²) < 4.78 is 0. The van der Waals surface area contributed by atoms with Crippen LogP contribution in [0, 0.1) is 21.4 Å². The number of rotatable bonds is 4. The number of carbonyl (C=O) groups is 2. The maximum atomic E-state index is 12.2. The number of nitro benzene ring substituents is 1. The summed E-state index contributed by atoms with van der Waals surface area (Å²) in [6.45, 7) is 0.500.